The van der Waals surface area contributed by atoms with Crippen LogP contribution in [0.15, 0.2) is 47.1 Å². The van der Waals surface area contributed by atoms with Gasteiger partial charge in [-0.2, -0.15) is 0 Å². The molecular formula is C19H21N3O4. The number of hydrogen-bond donors (Lipinski definition) is 2. The number of ether oxygens (including phenoxy) is 1. The first-order valence-electron chi connectivity index (χ1n) is 8.76. The van der Waals surface area contributed by atoms with Crippen molar-refractivity contribution in [3.8, 4) is 5.75 Å². The number of fused-ring (bicyclic) bond motifs is 1. The Bertz CT molecular complexity index is 795. The van der Waals surface area contributed by atoms with Gasteiger partial charge in [0.1, 0.15) is 11.5 Å². The molecule has 2 aliphatic heterocycles. The minimum Gasteiger partial charge on any atom is -0.467 e. The second-order valence-corrected chi connectivity index (χ2v) is 6.68. The Morgan fingerprint density at radius 1 is 1.19 bits per heavy atom. The molecule has 2 amide bonds. The van der Waals surface area contributed by atoms with Gasteiger partial charge in [-0.05, 0) is 24.3 Å². The molecule has 0 saturated carbocycles. The maximum Gasteiger partial charge on any atom is 0.258 e. The van der Waals surface area contributed by atoms with Crippen LogP contribution < -0.4 is 15.4 Å². The Labute approximate surface area is 151 Å². The van der Waals surface area contributed by atoms with Gasteiger partial charge in [-0.15, -0.1) is 0 Å². The average molecular weight is 355 g/mol. The molecule has 4 rings (SSSR count). The van der Waals surface area contributed by atoms with E-state index in [0.29, 0.717) is 50.3 Å². The van der Waals surface area contributed by atoms with Gasteiger partial charge < -0.3 is 19.8 Å². The summed E-state index contributed by atoms with van der Waals surface area (Å²) in [7, 11) is 0. The summed E-state index contributed by atoms with van der Waals surface area (Å²) in [5, 5.41) is 5.85. The average Bonchev–Trinajstić information content (AvgIpc) is 3.16. The van der Waals surface area contributed by atoms with E-state index in [0.717, 1.165) is 5.76 Å². The highest BCUT2D eigenvalue weighted by atomic mass is 16.5. The predicted octanol–water partition coefficient (Wildman–Crippen LogP) is 1.51. The normalized spacial score (nSPS) is 18.7. The molecule has 1 aromatic carbocycles. The van der Waals surface area contributed by atoms with Crippen LogP contribution in [0.3, 0.4) is 0 Å². The third-order valence-corrected chi connectivity index (χ3v) is 4.85. The number of amides is 2. The second kappa shape index (κ2) is 6.84. The number of nitrogens with one attached hydrogen (secondary N) is 2. The Balaban J connectivity index is 1.30. The molecule has 0 radical (unpaired) electrons. The number of para-hydroxylation sites is 1. The lowest BCUT2D eigenvalue weighted by atomic mass is 9.97. The Kier molecular flexibility index (Phi) is 4.38. The number of carbonyl (C=O) groups excluding carboxylic acids is 2. The lowest BCUT2D eigenvalue weighted by Crippen LogP contribution is -2.61. The largest absolute Gasteiger partial charge is 0.467 e. The van der Waals surface area contributed by atoms with Crippen molar-refractivity contribution in [3.63, 3.8) is 0 Å². The van der Waals surface area contributed by atoms with Crippen LogP contribution in [0.25, 0.3) is 0 Å². The summed E-state index contributed by atoms with van der Waals surface area (Å²) >= 11 is 0. The van der Waals surface area contributed by atoms with E-state index in [1.807, 2.05) is 24.3 Å². The third kappa shape index (κ3) is 3.43. The van der Waals surface area contributed by atoms with Crippen molar-refractivity contribution in [1.82, 2.24) is 15.5 Å². The van der Waals surface area contributed by atoms with Gasteiger partial charge >= 0.3 is 0 Å². The molecule has 2 N–H and O–H groups in total. The minimum atomic E-state index is -0.674. The third-order valence-electron chi connectivity index (χ3n) is 4.85. The van der Waals surface area contributed by atoms with Crippen molar-refractivity contribution in [3.05, 3.63) is 54.0 Å². The summed E-state index contributed by atoms with van der Waals surface area (Å²) in [5.41, 5.74) is -0.107. The number of rotatable bonds is 4. The van der Waals surface area contributed by atoms with Crippen LogP contribution in [0, 0.1) is 0 Å². The zero-order valence-corrected chi connectivity index (χ0v) is 14.4. The number of likely N-dealkylation sites (tertiary alicyclic amines) is 1. The summed E-state index contributed by atoms with van der Waals surface area (Å²) in [6, 6.07) is 10.9. The maximum atomic E-state index is 12.3. The molecule has 7 heteroatoms. The second-order valence-electron chi connectivity index (χ2n) is 6.68. The Morgan fingerprint density at radius 2 is 2.00 bits per heavy atom. The van der Waals surface area contributed by atoms with Crippen molar-refractivity contribution in [2.45, 2.75) is 25.1 Å². The fourth-order valence-electron chi connectivity index (χ4n) is 3.41. The predicted molar refractivity (Wildman–Crippen MR) is 93.5 cm³/mol. The zero-order chi connectivity index (χ0) is 18.0. The number of piperidine rings is 1. The molecular weight excluding hydrogens is 334 g/mol. The Hall–Kier alpha value is -2.80. The van der Waals surface area contributed by atoms with Crippen LogP contribution in [0.4, 0.5) is 0 Å². The lowest BCUT2D eigenvalue weighted by molar-refractivity contribution is -0.123. The molecule has 1 spiro atoms. The molecule has 0 atom stereocenters. The van der Waals surface area contributed by atoms with Crippen molar-refractivity contribution in [1.29, 1.82) is 0 Å². The van der Waals surface area contributed by atoms with Crippen LogP contribution in [0.1, 0.15) is 29.0 Å². The van der Waals surface area contributed by atoms with Crippen LogP contribution >= 0.6 is 0 Å². The van der Waals surface area contributed by atoms with Crippen molar-refractivity contribution in [2.24, 2.45) is 0 Å². The Morgan fingerprint density at radius 3 is 2.77 bits per heavy atom. The monoisotopic (exact) mass is 355 g/mol. The van der Waals surface area contributed by atoms with E-state index in [9.17, 15) is 9.59 Å². The number of nitrogens with zero attached hydrogens (tertiary/aromatic N) is 1. The van der Waals surface area contributed by atoms with Crippen molar-refractivity contribution < 1.29 is 18.7 Å². The van der Waals surface area contributed by atoms with E-state index in [1.165, 1.54) is 0 Å². The molecule has 7 nitrogen and oxygen atoms in total. The summed E-state index contributed by atoms with van der Waals surface area (Å²) in [4.78, 5) is 26.5. The van der Waals surface area contributed by atoms with E-state index in [-0.39, 0.29) is 11.8 Å². The van der Waals surface area contributed by atoms with Crippen LogP contribution in [0.5, 0.6) is 5.75 Å². The van der Waals surface area contributed by atoms with E-state index in [2.05, 4.69) is 15.5 Å². The van der Waals surface area contributed by atoms with Gasteiger partial charge in [-0.1, -0.05) is 12.1 Å². The summed E-state index contributed by atoms with van der Waals surface area (Å²) in [5.74, 6) is 1.21. The maximum absolute atomic E-state index is 12.3. The van der Waals surface area contributed by atoms with Gasteiger partial charge in [0, 0.05) is 25.9 Å². The van der Waals surface area contributed by atoms with E-state index >= 15 is 0 Å². The van der Waals surface area contributed by atoms with Crippen molar-refractivity contribution >= 4 is 11.8 Å². The molecule has 0 bridgehead atoms. The molecule has 1 saturated heterocycles. The van der Waals surface area contributed by atoms with Crippen LogP contribution in [-0.2, 0) is 11.3 Å². The molecule has 1 aromatic heterocycles. The van der Waals surface area contributed by atoms with Gasteiger partial charge in [0.25, 0.3) is 5.91 Å². The summed E-state index contributed by atoms with van der Waals surface area (Å²) in [6.45, 7) is 2.06. The number of benzene rings is 1. The zero-order valence-electron chi connectivity index (χ0n) is 14.4. The first kappa shape index (κ1) is 16.7. The molecule has 3 heterocycles. The summed E-state index contributed by atoms with van der Waals surface area (Å²) < 4.78 is 11.3. The SMILES string of the molecule is O=C(CN1CCC2(CC1)NC(=O)c1ccccc1O2)NCc1ccco1. The highest BCUT2D eigenvalue weighted by Crippen LogP contribution is 2.33. The fourth-order valence-corrected chi connectivity index (χ4v) is 3.41. The first-order chi connectivity index (χ1) is 12.6. The topological polar surface area (TPSA) is 83.8 Å². The highest BCUT2D eigenvalue weighted by Gasteiger charge is 2.42. The smallest absolute Gasteiger partial charge is 0.258 e. The fraction of sp³-hybridized carbons (Fsp3) is 0.368. The lowest BCUT2D eigenvalue weighted by Gasteiger charge is -2.44. The molecule has 1 fully saturated rings. The van der Waals surface area contributed by atoms with Gasteiger partial charge in [0.05, 0.1) is 24.9 Å². The molecule has 136 valence electrons. The molecule has 2 aromatic rings. The highest BCUT2D eigenvalue weighted by molar-refractivity contribution is 5.98. The number of hydrogen-bond acceptors (Lipinski definition) is 5. The quantitative estimate of drug-likeness (QED) is 0.869. The van der Waals surface area contributed by atoms with Gasteiger partial charge in [-0.25, -0.2) is 0 Å². The van der Waals surface area contributed by atoms with E-state index in [4.69, 9.17) is 9.15 Å². The molecule has 0 unspecified atom stereocenters. The molecule has 0 aliphatic carbocycles. The minimum absolute atomic E-state index is 0.0451. The van der Waals surface area contributed by atoms with Crippen LogP contribution in [0.2, 0.25) is 0 Å². The molecule has 2 aliphatic rings. The van der Waals surface area contributed by atoms with Crippen LogP contribution in [-0.4, -0.2) is 42.1 Å². The first-order valence-corrected chi connectivity index (χ1v) is 8.76. The number of furan rings is 1. The van der Waals surface area contributed by atoms with Gasteiger partial charge in [-0.3, -0.25) is 14.5 Å². The van der Waals surface area contributed by atoms with Gasteiger partial charge in [0.15, 0.2) is 5.72 Å². The number of carbonyl (C=O) groups is 2. The van der Waals surface area contributed by atoms with Gasteiger partial charge in [0.2, 0.25) is 5.91 Å². The molecule has 26 heavy (non-hydrogen) atoms. The summed E-state index contributed by atoms with van der Waals surface area (Å²) in [6.07, 6.45) is 2.86. The van der Waals surface area contributed by atoms with E-state index in [1.54, 1.807) is 18.4 Å². The van der Waals surface area contributed by atoms with E-state index < -0.39 is 5.72 Å². The standard InChI is InChI=1S/C19H21N3O4/c23-17(20-12-14-4-3-11-25-14)13-22-9-7-19(8-10-22)21-18(24)15-5-1-2-6-16(15)26-19/h1-6,11H,7-10,12-13H2,(H,20,23)(H,21,24). The van der Waals surface area contributed by atoms with Crippen molar-refractivity contribution in [2.75, 3.05) is 19.6 Å².